The van der Waals surface area contributed by atoms with Gasteiger partial charge in [-0.15, -0.1) is 0 Å². The molecule has 0 spiro atoms. The quantitative estimate of drug-likeness (QED) is 0.0194. The molecule has 1 aliphatic heterocycles. The minimum absolute atomic E-state index is 0.233. The normalized spacial score (nSPS) is 20.8. The summed E-state index contributed by atoms with van der Waals surface area (Å²) in [7, 11) is -5.07. The molecule has 1 saturated heterocycles. The van der Waals surface area contributed by atoms with Crippen LogP contribution in [0.4, 0.5) is 0 Å². The first-order chi connectivity index (χ1) is 29.0. The van der Waals surface area contributed by atoms with Crippen LogP contribution in [0, 0.1) is 0 Å². The SMILES string of the molecule is CCCCCCCCCCCCC/C=C\CCCCCCCCCC(=O)NC(COC1OC(CO)C(O)C(OS(=O)(=O)O)C1O)C(O)CCCCCCCCCCCCC. The van der Waals surface area contributed by atoms with E-state index in [4.69, 9.17) is 9.47 Å². The Labute approximate surface area is 366 Å². The maximum Gasteiger partial charge on any atom is 0.397 e. The number of ether oxygens (including phenoxy) is 2. The lowest BCUT2D eigenvalue weighted by Crippen LogP contribution is -2.61. The zero-order chi connectivity index (χ0) is 44.1. The van der Waals surface area contributed by atoms with Gasteiger partial charge in [-0.05, 0) is 38.5 Å². The number of carbonyl (C=O) groups excluding carboxylic acids is 1. The second kappa shape index (κ2) is 38.3. The zero-order valence-electron chi connectivity index (χ0n) is 38.0. The molecule has 0 aromatic heterocycles. The van der Waals surface area contributed by atoms with E-state index in [9.17, 15) is 38.2 Å². The van der Waals surface area contributed by atoms with Crippen LogP contribution in [0.2, 0.25) is 0 Å². The molecular formula is C47H91NO11S. The zero-order valence-corrected chi connectivity index (χ0v) is 38.9. The molecule has 0 saturated carbocycles. The molecule has 0 aromatic rings. The molecule has 0 bridgehead atoms. The van der Waals surface area contributed by atoms with Gasteiger partial charge in [0.2, 0.25) is 5.91 Å². The summed E-state index contributed by atoms with van der Waals surface area (Å²) in [5.41, 5.74) is 0. The lowest BCUT2D eigenvalue weighted by molar-refractivity contribution is -0.298. The summed E-state index contributed by atoms with van der Waals surface area (Å²) in [6.45, 7) is 3.44. The number of hydrogen-bond donors (Lipinski definition) is 6. The third-order valence-electron chi connectivity index (χ3n) is 11.8. The fourth-order valence-electron chi connectivity index (χ4n) is 7.98. The highest BCUT2D eigenvalue weighted by Crippen LogP contribution is 2.26. The first kappa shape index (κ1) is 56.9. The third kappa shape index (κ3) is 30.8. The molecule has 0 radical (unpaired) electrons. The Bertz CT molecular complexity index is 1130. The molecule has 356 valence electrons. The van der Waals surface area contributed by atoms with Gasteiger partial charge >= 0.3 is 10.4 Å². The highest BCUT2D eigenvalue weighted by atomic mass is 32.3. The van der Waals surface area contributed by atoms with Crippen LogP contribution in [0.15, 0.2) is 12.2 Å². The van der Waals surface area contributed by atoms with Crippen LogP contribution >= 0.6 is 0 Å². The van der Waals surface area contributed by atoms with Crippen molar-refractivity contribution in [1.29, 1.82) is 0 Å². The van der Waals surface area contributed by atoms with Crippen molar-refractivity contribution in [2.75, 3.05) is 13.2 Å². The monoisotopic (exact) mass is 878 g/mol. The predicted octanol–water partition coefficient (Wildman–Crippen LogP) is 9.95. The van der Waals surface area contributed by atoms with Gasteiger partial charge in [0.25, 0.3) is 0 Å². The number of carbonyl (C=O) groups is 1. The van der Waals surface area contributed by atoms with Crippen molar-refractivity contribution in [3.8, 4) is 0 Å². The average Bonchev–Trinajstić information content (AvgIpc) is 3.22. The van der Waals surface area contributed by atoms with Crippen molar-refractivity contribution < 1.29 is 51.8 Å². The molecule has 1 rings (SSSR count). The van der Waals surface area contributed by atoms with Gasteiger partial charge in [0.05, 0.1) is 25.4 Å². The molecule has 1 amide bonds. The molecule has 0 aliphatic carbocycles. The van der Waals surface area contributed by atoms with Crippen molar-refractivity contribution in [3.05, 3.63) is 12.2 Å². The predicted molar refractivity (Wildman–Crippen MR) is 241 cm³/mol. The maximum atomic E-state index is 13.0. The summed E-state index contributed by atoms with van der Waals surface area (Å²) in [5.74, 6) is -0.233. The third-order valence-corrected chi connectivity index (χ3v) is 12.3. The summed E-state index contributed by atoms with van der Waals surface area (Å²) >= 11 is 0. The molecule has 0 aromatic carbocycles. The molecular weight excluding hydrogens is 787 g/mol. The van der Waals surface area contributed by atoms with Crippen LogP contribution in [-0.4, -0.2) is 95.4 Å². The largest absolute Gasteiger partial charge is 0.397 e. The molecule has 1 fully saturated rings. The number of aliphatic hydroxyl groups excluding tert-OH is 4. The summed E-state index contributed by atoms with van der Waals surface area (Å²) in [4.78, 5) is 13.0. The smallest absolute Gasteiger partial charge is 0.394 e. The Morgan fingerprint density at radius 3 is 1.50 bits per heavy atom. The van der Waals surface area contributed by atoms with E-state index in [0.717, 1.165) is 51.4 Å². The van der Waals surface area contributed by atoms with Crippen molar-refractivity contribution in [1.82, 2.24) is 5.32 Å². The number of allylic oxidation sites excluding steroid dienone is 2. The van der Waals surface area contributed by atoms with Gasteiger partial charge in [-0.25, -0.2) is 4.18 Å². The van der Waals surface area contributed by atoms with E-state index in [0.29, 0.717) is 12.8 Å². The van der Waals surface area contributed by atoms with Gasteiger partial charge in [0.1, 0.15) is 24.4 Å². The van der Waals surface area contributed by atoms with Crippen LogP contribution in [-0.2, 0) is 28.9 Å². The van der Waals surface area contributed by atoms with Crippen LogP contribution in [0.1, 0.15) is 226 Å². The minimum Gasteiger partial charge on any atom is -0.394 e. The van der Waals surface area contributed by atoms with E-state index >= 15 is 0 Å². The van der Waals surface area contributed by atoms with E-state index in [2.05, 4.69) is 35.5 Å². The highest BCUT2D eigenvalue weighted by molar-refractivity contribution is 7.80. The summed E-state index contributed by atoms with van der Waals surface area (Å²) in [6, 6.07) is -0.856. The lowest BCUT2D eigenvalue weighted by atomic mass is 9.99. The number of unbranched alkanes of at least 4 members (excludes halogenated alkanes) is 28. The molecule has 7 unspecified atom stereocenters. The first-order valence-corrected chi connectivity index (χ1v) is 25.9. The Kier molecular flexibility index (Phi) is 36.3. The van der Waals surface area contributed by atoms with Crippen LogP contribution in [0.5, 0.6) is 0 Å². The standard InChI is InChI=1S/C47H91NO11S/c1-3-5-7-9-11-13-15-16-17-18-19-20-21-22-23-24-25-27-29-31-33-35-37-43(51)48-40(41(50)36-34-32-30-28-26-14-12-10-8-6-4-2)39-57-47-45(53)46(59-60(54,55)56)44(52)42(38-49)58-47/h21-22,40-42,44-47,49-50,52-53H,3-20,23-39H2,1-2H3,(H,48,51)(H,54,55,56)/b22-21-. The van der Waals surface area contributed by atoms with Gasteiger partial charge < -0.3 is 35.2 Å². The Morgan fingerprint density at radius 1 is 0.650 bits per heavy atom. The first-order valence-electron chi connectivity index (χ1n) is 24.6. The van der Waals surface area contributed by atoms with Crippen LogP contribution < -0.4 is 5.32 Å². The second-order valence-electron chi connectivity index (χ2n) is 17.4. The van der Waals surface area contributed by atoms with Gasteiger partial charge in [0.15, 0.2) is 6.29 Å². The van der Waals surface area contributed by atoms with Crippen LogP contribution in [0.25, 0.3) is 0 Å². The number of hydrogen-bond acceptors (Lipinski definition) is 10. The van der Waals surface area contributed by atoms with Crippen molar-refractivity contribution in [2.24, 2.45) is 0 Å². The number of aliphatic hydroxyl groups is 4. The molecule has 13 heteroatoms. The van der Waals surface area contributed by atoms with Gasteiger partial charge in [-0.3, -0.25) is 9.35 Å². The average molecular weight is 878 g/mol. The fraction of sp³-hybridized carbons (Fsp3) is 0.936. The van der Waals surface area contributed by atoms with E-state index < -0.39 is 59.9 Å². The number of nitrogens with one attached hydrogen (secondary N) is 1. The molecule has 1 aliphatic rings. The van der Waals surface area contributed by atoms with Gasteiger partial charge in [-0.2, -0.15) is 8.42 Å². The van der Waals surface area contributed by atoms with E-state index in [-0.39, 0.29) is 18.9 Å². The van der Waals surface area contributed by atoms with Crippen molar-refractivity contribution in [3.63, 3.8) is 0 Å². The molecule has 60 heavy (non-hydrogen) atoms. The van der Waals surface area contributed by atoms with Gasteiger partial charge in [-0.1, -0.05) is 193 Å². The highest BCUT2D eigenvalue weighted by Gasteiger charge is 2.48. The summed E-state index contributed by atoms with van der Waals surface area (Å²) < 4.78 is 47.6. The van der Waals surface area contributed by atoms with E-state index in [1.165, 1.54) is 141 Å². The molecule has 1 heterocycles. The Balaban J connectivity index is 2.39. The Morgan fingerprint density at radius 2 is 1.07 bits per heavy atom. The fourth-order valence-corrected chi connectivity index (χ4v) is 8.49. The molecule has 6 N–H and O–H groups in total. The number of rotatable bonds is 42. The lowest BCUT2D eigenvalue weighted by Gasteiger charge is -2.41. The van der Waals surface area contributed by atoms with E-state index in [1.807, 2.05) is 0 Å². The molecule has 12 nitrogen and oxygen atoms in total. The second-order valence-corrected chi connectivity index (χ2v) is 18.5. The van der Waals surface area contributed by atoms with Gasteiger partial charge in [0, 0.05) is 6.42 Å². The number of amides is 1. The molecule has 7 atom stereocenters. The maximum absolute atomic E-state index is 13.0. The minimum atomic E-state index is -5.07. The van der Waals surface area contributed by atoms with Crippen molar-refractivity contribution >= 4 is 16.3 Å². The van der Waals surface area contributed by atoms with Crippen molar-refractivity contribution in [2.45, 2.75) is 269 Å². The summed E-state index contributed by atoms with van der Waals surface area (Å²) in [6.07, 6.45) is 33.6. The van der Waals surface area contributed by atoms with Crippen LogP contribution in [0.3, 0.4) is 0 Å². The van der Waals surface area contributed by atoms with E-state index in [1.54, 1.807) is 0 Å². The Hall–Kier alpha value is -1.16. The topological polar surface area (TPSA) is 192 Å². The summed E-state index contributed by atoms with van der Waals surface area (Å²) in [5, 5.41) is 44.8.